The molecular formula is C16H21N3. The number of hydrogen-bond acceptors (Lipinski definition) is 1. The third-order valence-electron chi connectivity index (χ3n) is 3.70. The molecule has 0 saturated heterocycles. The summed E-state index contributed by atoms with van der Waals surface area (Å²) in [4.78, 5) is 0. The molecule has 2 rings (SSSR count). The van der Waals surface area contributed by atoms with Crippen molar-refractivity contribution in [3.63, 3.8) is 0 Å². The fraction of sp³-hybridized carbons (Fsp3) is 0.312. The largest absolute Gasteiger partial charge is 0.370 e. The van der Waals surface area contributed by atoms with E-state index < -0.39 is 0 Å². The van der Waals surface area contributed by atoms with Crippen molar-refractivity contribution in [2.45, 2.75) is 33.1 Å². The molecule has 0 fully saturated rings. The van der Waals surface area contributed by atoms with Crippen molar-refractivity contribution in [1.29, 1.82) is 5.41 Å². The lowest BCUT2D eigenvalue weighted by Crippen LogP contribution is -2.21. The van der Waals surface area contributed by atoms with Gasteiger partial charge in [-0.2, -0.15) is 0 Å². The lowest BCUT2D eigenvalue weighted by molar-refractivity contribution is 0.741. The van der Waals surface area contributed by atoms with Gasteiger partial charge in [-0.3, -0.25) is 5.41 Å². The fourth-order valence-corrected chi connectivity index (χ4v) is 2.53. The Morgan fingerprint density at radius 3 is 2.63 bits per heavy atom. The van der Waals surface area contributed by atoms with Crippen LogP contribution in [0.15, 0.2) is 30.3 Å². The van der Waals surface area contributed by atoms with E-state index in [2.05, 4.69) is 50.4 Å². The maximum atomic E-state index is 7.44. The number of guanidine groups is 1. The summed E-state index contributed by atoms with van der Waals surface area (Å²) in [6.45, 7) is 6.51. The minimum absolute atomic E-state index is 0.0171. The smallest absolute Gasteiger partial charge is 0.190 e. The van der Waals surface area contributed by atoms with Crippen molar-refractivity contribution in [1.82, 2.24) is 0 Å². The standard InChI is InChI=1S/C16H21N3/c1-4-10(2)15-13-7-5-6-11(3)12(13)8-9-14(15)19-16(17)18/h5-10H,4H2,1-3H3,(H4,17,18,19). The number of benzene rings is 2. The lowest BCUT2D eigenvalue weighted by Gasteiger charge is -2.19. The molecule has 1 atom stereocenters. The monoisotopic (exact) mass is 255 g/mol. The van der Waals surface area contributed by atoms with E-state index in [1.165, 1.54) is 21.9 Å². The number of nitrogens with two attached hydrogens (primary N) is 1. The van der Waals surface area contributed by atoms with Crippen LogP contribution in [0, 0.1) is 12.3 Å². The second kappa shape index (κ2) is 5.31. The van der Waals surface area contributed by atoms with Gasteiger partial charge in [0.05, 0.1) is 0 Å². The van der Waals surface area contributed by atoms with Crippen LogP contribution in [0.2, 0.25) is 0 Å². The molecule has 0 saturated carbocycles. The van der Waals surface area contributed by atoms with Gasteiger partial charge in [-0.05, 0) is 47.2 Å². The Balaban J connectivity index is 2.73. The van der Waals surface area contributed by atoms with Gasteiger partial charge in [-0.25, -0.2) is 0 Å². The van der Waals surface area contributed by atoms with Crippen LogP contribution in [-0.4, -0.2) is 5.96 Å². The summed E-state index contributed by atoms with van der Waals surface area (Å²) >= 11 is 0. The Hall–Kier alpha value is -2.03. The Bertz CT molecular complexity index is 617. The molecule has 3 nitrogen and oxygen atoms in total. The van der Waals surface area contributed by atoms with Crippen LogP contribution in [0.25, 0.3) is 10.8 Å². The van der Waals surface area contributed by atoms with Gasteiger partial charge in [0.1, 0.15) is 0 Å². The maximum absolute atomic E-state index is 7.44. The molecule has 0 aliphatic rings. The van der Waals surface area contributed by atoms with E-state index in [-0.39, 0.29) is 5.96 Å². The molecular weight excluding hydrogens is 234 g/mol. The molecule has 0 aromatic heterocycles. The zero-order chi connectivity index (χ0) is 14.0. The molecule has 0 aliphatic carbocycles. The molecule has 0 amide bonds. The van der Waals surface area contributed by atoms with Crippen LogP contribution >= 0.6 is 0 Å². The molecule has 0 heterocycles. The van der Waals surface area contributed by atoms with Crippen molar-refractivity contribution < 1.29 is 0 Å². The first-order chi connectivity index (χ1) is 9.04. The molecule has 2 aromatic carbocycles. The van der Waals surface area contributed by atoms with Gasteiger partial charge >= 0.3 is 0 Å². The average Bonchev–Trinajstić information content (AvgIpc) is 2.37. The van der Waals surface area contributed by atoms with E-state index in [9.17, 15) is 0 Å². The number of anilines is 1. The van der Waals surface area contributed by atoms with E-state index in [0.717, 1.165) is 12.1 Å². The third kappa shape index (κ3) is 2.55. The van der Waals surface area contributed by atoms with Crippen LogP contribution < -0.4 is 11.1 Å². The summed E-state index contributed by atoms with van der Waals surface area (Å²) in [5.74, 6) is 0.406. The molecule has 4 N–H and O–H groups in total. The van der Waals surface area contributed by atoms with Crippen molar-refractivity contribution >= 4 is 22.4 Å². The Labute approximate surface area is 114 Å². The summed E-state index contributed by atoms with van der Waals surface area (Å²) in [6.07, 6.45) is 1.06. The highest BCUT2D eigenvalue weighted by molar-refractivity contribution is 5.98. The Morgan fingerprint density at radius 1 is 1.26 bits per heavy atom. The molecule has 1 unspecified atom stereocenters. The third-order valence-corrected chi connectivity index (χ3v) is 3.70. The minimum atomic E-state index is -0.0171. The van der Waals surface area contributed by atoms with Crippen LogP contribution in [0.5, 0.6) is 0 Å². The number of hydrogen-bond donors (Lipinski definition) is 3. The molecule has 19 heavy (non-hydrogen) atoms. The van der Waals surface area contributed by atoms with Crippen LogP contribution in [-0.2, 0) is 0 Å². The van der Waals surface area contributed by atoms with Crippen LogP contribution in [0.3, 0.4) is 0 Å². The fourth-order valence-electron chi connectivity index (χ4n) is 2.53. The zero-order valence-corrected chi connectivity index (χ0v) is 11.7. The van der Waals surface area contributed by atoms with Crippen molar-refractivity contribution in [2.75, 3.05) is 5.32 Å². The number of rotatable bonds is 3. The van der Waals surface area contributed by atoms with E-state index in [4.69, 9.17) is 11.1 Å². The Kier molecular flexibility index (Phi) is 3.74. The molecule has 0 bridgehead atoms. The van der Waals surface area contributed by atoms with Crippen molar-refractivity contribution in [3.8, 4) is 0 Å². The molecule has 0 aliphatic heterocycles. The van der Waals surface area contributed by atoms with Crippen LogP contribution in [0.1, 0.15) is 37.3 Å². The summed E-state index contributed by atoms with van der Waals surface area (Å²) in [7, 11) is 0. The number of nitrogens with one attached hydrogen (secondary N) is 2. The summed E-state index contributed by atoms with van der Waals surface area (Å²) in [5, 5.41) is 12.9. The predicted octanol–water partition coefficient (Wildman–Crippen LogP) is 3.97. The van der Waals surface area contributed by atoms with Crippen molar-refractivity contribution in [3.05, 3.63) is 41.5 Å². The van der Waals surface area contributed by atoms with Gasteiger partial charge in [-0.1, -0.05) is 38.1 Å². The molecule has 2 aromatic rings. The zero-order valence-electron chi connectivity index (χ0n) is 11.7. The van der Waals surface area contributed by atoms with E-state index in [0.29, 0.717) is 5.92 Å². The quantitative estimate of drug-likeness (QED) is 0.574. The van der Waals surface area contributed by atoms with Crippen LogP contribution in [0.4, 0.5) is 5.69 Å². The predicted molar refractivity (Wildman–Crippen MR) is 82.9 cm³/mol. The lowest BCUT2D eigenvalue weighted by atomic mass is 9.90. The second-order valence-corrected chi connectivity index (χ2v) is 5.04. The number of fused-ring (bicyclic) bond motifs is 1. The molecule has 3 heteroatoms. The second-order valence-electron chi connectivity index (χ2n) is 5.04. The summed E-state index contributed by atoms with van der Waals surface area (Å²) < 4.78 is 0. The van der Waals surface area contributed by atoms with Gasteiger partial charge in [0, 0.05) is 5.69 Å². The average molecular weight is 255 g/mol. The normalized spacial score (nSPS) is 12.4. The first-order valence-electron chi connectivity index (χ1n) is 6.67. The molecule has 0 spiro atoms. The Morgan fingerprint density at radius 2 is 2.00 bits per heavy atom. The minimum Gasteiger partial charge on any atom is -0.370 e. The highest BCUT2D eigenvalue weighted by Gasteiger charge is 2.14. The van der Waals surface area contributed by atoms with Gasteiger partial charge in [0.15, 0.2) is 5.96 Å². The topological polar surface area (TPSA) is 61.9 Å². The molecule has 0 radical (unpaired) electrons. The van der Waals surface area contributed by atoms with E-state index >= 15 is 0 Å². The van der Waals surface area contributed by atoms with Gasteiger partial charge in [0.2, 0.25) is 0 Å². The van der Waals surface area contributed by atoms with E-state index in [1.807, 2.05) is 6.07 Å². The highest BCUT2D eigenvalue weighted by Crippen LogP contribution is 2.35. The van der Waals surface area contributed by atoms with E-state index in [1.54, 1.807) is 0 Å². The van der Waals surface area contributed by atoms with Gasteiger partial charge < -0.3 is 11.1 Å². The van der Waals surface area contributed by atoms with Crippen molar-refractivity contribution in [2.24, 2.45) is 5.73 Å². The van der Waals surface area contributed by atoms with Gasteiger partial charge in [-0.15, -0.1) is 0 Å². The first-order valence-corrected chi connectivity index (χ1v) is 6.67. The summed E-state index contributed by atoms with van der Waals surface area (Å²) in [5.41, 5.74) is 8.95. The molecule has 100 valence electrons. The highest BCUT2D eigenvalue weighted by atomic mass is 15.0. The summed E-state index contributed by atoms with van der Waals surface area (Å²) in [6, 6.07) is 10.5. The van der Waals surface area contributed by atoms with Gasteiger partial charge in [0.25, 0.3) is 0 Å². The first kappa shape index (κ1) is 13.4. The number of aryl methyl sites for hydroxylation is 1. The maximum Gasteiger partial charge on any atom is 0.190 e. The SMILES string of the molecule is CCC(C)c1c(NC(=N)N)ccc2c(C)cccc12.